The Morgan fingerprint density at radius 1 is 1.50 bits per heavy atom. The molecule has 3 nitrogen and oxygen atoms in total. The smallest absolute Gasteiger partial charge is 0.201 e. The van der Waals surface area contributed by atoms with Crippen LogP contribution in [0.2, 0.25) is 0 Å². The predicted octanol–water partition coefficient (Wildman–Crippen LogP) is 3.88. The molecule has 1 aliphatic rings. The fourth-order valence-electron chi connectivity index (χ4n) is 2.67. The van der Waals surface area contributed by atoms with Gasteiger partial charge in [0, 0.05) is 12.1 Å². The van der Waals surface area contributed by atoms with Crippen molar-refractivity contribution in [2.24, 2.45) is 5.92 Å². The van der Waals surface area contributed by atoms with Crippen LogP contribution in [0.1, 0.15) is 32.2 Å². The van der Waals surface area contributed by atoms with E-state index in [1.165, 1.54) is 25.3 Å². The maximum absolute atomic E-state index is 13.7. The second kappa shape index (κ2) is 4.23. The molecule has 1 fully saturated rings. The van der Waals surface area contributed by atoms with Crippen molar-refractivity contribution in [2.45, 2.75) is 32.2 Å². The average Bonchev–Trinajstić information content (AvgIpc) is 2.52. The number of nitrogen functional groups attached to an aromatic ring is 1. The molecule has 0 bridgehead atoms. The summed E-state index contributed by atoms with van der Waals surface area (Å²) in [6.07, 6.45) is 3.72. The first-order valence-corrected chi connectivity index (χ1v) is 6.99. The number of hydrogen-bond donors (Lipinski definition) is 1. The van der Waals surface area contributed by atoms with Crippen molar-refractivity contribution in [3.63, 3.8) is 0 Å². The van der Waals surface area contributed by atoms with Crippen molar-refractivity contribution in [3.8, 4) is 0 Å². The van der Waals surface area contributed by atoms with Crippen molar-refractivity contribution in [1.29, 1.82) is 0 Å². The highest BCUT2D eigenvalue weighted by Crippen LogP contribution is 2.39. The van der Waals surface area contributed by atoms with Gasteiger partial charge in [-0.2, -0.15) is 0 Å². The van der Waals surface area contributed by atoms with Gasteiger partial charge in [0.05, 0.1) is 15.5 Å². The summed E-state index contributed by atoms with van der Waals surface area (Å²) >= 11 is 3.18. The Morgan fingerprint density at radius 2 is 2.22 bits per heavy atom. The van der Waals surface area contributed by atoms with E-state index in [0.29, 0.717) is 16.3 Å². The van der Waals surface area contributed by atoms with Gasteiger partial charge in [-0.05, 0) is 47.7 Å². The second-order valence-electron chi connectivity index (χ2n) is 5.03. The van der Waals surface area contributed by atoms with Gasteiger partial charge >= 0.3 is 0 Å². The zero-order chi connectivity index (χ0) is 12.9. The monoisotopic (exact) mass is 311 g/mol. The second-order valence-corrected chi connectivity index (χ2v) is 5.88. The topological polar surface area (TPSA) is 43.8 Å². The summed E-state index contributed by atoms with van der Waals surface area (Å²) in [7, 11) is 0. The molecule has 18 heavy (non-hydrogen) atoms. The fraction of sp³-hybridized carbons (Fsp3) is 0.462. The Kier molecular flexibility index (Phi) is 2.81. The fourth-order valence-corrected chi connectivity index (χ4v) is 3.00. The van der Waals surface area contributed by atoms with E-state index >= 15 is 0 Å². The maximum atomic E-state index is 13.7. The standard InChI is InChI=1S/C13H15BrFN3/c1-7(8-3-2-4-8)18-12-6-10(15)9(14)5-11(12)17-13(18)16/h5-8H,2-4H2,1H3,(H2,16,17). The third kappa shape index (κ3) is 1.72. The molecular weight excluding hydrogens is 297 g/mol. The molecule has 0 radical (unpaired) electrons. The quantitative estimate of drug-likeness (QED) is 0.914. The number of fused-ring (bicyclic) bond motifs is 1. The lowest BCUT2D eigenvalue weighted by atomic mass is 9.80. The molecule has 0 saturated heterocycles. The van der Waals surface area contributed by atoms with Crippen LogP contribution in [-0.4, -0.2) is 9.55 Å². The zero-order valence-electron chi connectivity index (χ0n) is 10.2. The first-order valence-electron chi connectivity index (χ1n) is 6.20. The highest BCUT2D eigenvalue weighted by Gasteiger charge is 2.27. The van der Waals surface area contributed by atoms with Gasteiger partial charge in [-0.15, -0.1) is 0 Å². The molecule has 1 saturated carbocycles. The van der Waals surface area contributed by atoms with Gasteiger partial charge in [-0.3, -0.25) is 0 Å². The molecule has 2 N–H and O–H groups in total. The summed E-state index contributed by atoms with van der Waals surface area (Å²) in [6, 6.07) is 3.48. The van der Waals surface area contributed by atoms with Gasteiger partial charge in [-0.1, -0.05) is 6.42 Å². The summed E-state index contributed by atoms with van der Waals surface area (Å²) in [4.78, 5) is 4.32. The van der Waals surface area contributed by atoms with Crippen molar-refractivity contribution in [1.82, 2.24) is 9.55 Å². The van der Waals surface area contributed by atoms with E-state index in [9.17, 15) is 4.39 Å². The van der Waals surface area contributed by atoms with Crippen LogP contribution in [0.15, 0.2) is 16.6 Å². The number of rotatable bonds is 2. The lowest BCUT2D eigenvalue weighted by molar-refractivity contribution is 0.227. The van der Waals surface area contributed by atoms with Gasteiger partial charge in [-0.25, -0.2) is 9.37 Å². The van der Waals surface area contributed by atoms with Crippen molar-refractivity contribution in [2.75, 3.05) is 5.73 Å². The van der Waals surface area contributed by atoms with Gasteiger partial charge < -0.3 is 10.3 Å². The Bertz CT molecular complexity index is 604. The van der Waals surface area contributed by atoms with Crippen LogP contribution in [0, 0.1) is 11.7 Å². The van der Waals surface area contributed by atoms with Crippen molar-refractivity contribution >= 4 is 32.9 Å². The minimum Gasteiger partial charge on any atom is -0.369 e. The van der Waals surface area contributed by atoms with Crippen LogP contribution < -0.4 is 5.73 Å². The van der Waals surface area contributed by atoms with Crippen molar-refractivity contribution < 1.29 is 4.39 Å². The average molecular weight is 312 g/mol. The highest BCUT2D eigenvalue weighted by molar-refractivity contribution is 9.10. The first kappa shape index (κ1) is 12.0. The first-order chi connectivity index (χ1) is 8.58. The largest absolute Gasteiger partial charge is 0.369 e. The third-order valence-electron chi connectivity index (χ3n) is 4.00. The molecule has 1 unspecified atom stereocenters. The van der Waals surface area contributed by atoms with E-state index in [2.05, 4.69) is 27.8 Å². The molecule has 1 aliphatic carbocycles. The molecule has 96 valence electrons. The van der Waals surface area contributed by atoms with E-state index in [4.69, 9.17) is 5.73 Å². The summed E-state index contributed by atoms with van der Waals surface area (Å²) in [5, 5.41) is 0. The maximum Gasteiger partial charge on any atom is 0.201 e. The Labute approximate surface area is 113 Å². The lowest BCUT2D eigenvalue weighted by Crippen LogP contribution is -2.23. The Hall–Kier alpha value is -1.10. The number of hydrogen-bond acceptors (Lipinski definition) is 2. The Morgan fingerprint density at radius 3 is 2.83 bits per heavy atom. The van der Waals surface area contributed by atoms with Crippen LogP contribution in [-0.2, 0) is 0 Å². The summed E-state index contributed by atoms with van der Waals surface area (Å²) in [5.74, 6) is 0.836. The molecule has 5 heteroatoms. The molecule has 1 aromatic carbocycles. The van der Waals surface area contributed by atoms with E-state index in [0.717, 1.165) is 11.0 Å². The van der Waals surface area contributed by atoms with Gasteiger partial charge in [0.2, 0.25) is 5.95 Å². The summed E-state index contributed by atoms with van der Waals surface area (Å²) in [5.41, 5.74) is 7.51. The molecule has 3 rings (SSSR count). The van der Waals surface area contributed by atoms with Gasteiger partial charge in [0.25, 0.3) is 0 Å². The van der Waals surface area contributed by atoms with E-state index in [1.807, 2.05) is 4.57 Å². The molecule has 2 aromatic rings. The van der Waals surface area contributed by atoms with Crippen LogP contribution in [0.4, 0.5) is 10.3 Å². The summed E-state index contributed by atoms with van der Waals surface area (Å²) < 4.78 is 16.1. The molecule has 1 heterocycles. The van der Waals surface area contributed by atoms with Crippen LogP contribution in [0.25, 0.3) is 11.0 Å². The minimum absolute atomic E-state index is 0.274. The molecule has 1 aromatic heterocycles. The van der Waals surface area contributed by atoms with E-state index in [1.54, 1.807) is 6.07 Å². The predicted molar refractivity (Wildman–Crippen MR) is 73.9 cm³/mol. The molecule has 0 aliphatic heterocycles. The number of aromatic nitrogens is 2. The normalized spacial score (nSPS) is 17.9. The number of nitrogens with two attached hydrogens (primary N) is 1. The van der Waals surface area contributed by atoms with Crippen LogP contribution in [0.3, 0.4) is 0 Å². The van der Waals surface area contributed by atoms with E-state index in [-0.39, 0.29) is 11.9 Å². The summed E-state index contributed by atoms with van der Waals surface area (Å²) in [6.45, 7) is 2.14. The third-order valence-corrected chi connectivity index (χ3v) is 4.61. The molecule has 0 amide bonds. The molecular formula is C13H15BrFN3. The van der Waals surface area contributed by atoms with Crippen LogP contribution in [0.5, 0.6) is 0 Å². The van der Waals surface area contributed by atoms with Gasteiger partial charge in [0.1, 0.15) is 5.82 Å². The van der Waals surface area contributed by atoms with Gasteiger partial charge in [0.15, 0.2) is 0 Å². The van der Waals surface area contributed by atoms with Crippen molar-refractivity contribution in [3.05, 3.63) is 22.4 Å². The van der Waals surface area contributed by atoms with Crippen LogP contribution >= 0.6 is 15.9 Å². The number of halogens is 2. The number of benzene rings is 1. The highest BCUT2D eigenvalue weighted by atomic mass is 79.9. The lowest BCUT2D eigenvalue weighted by Gasteiger charge is -2.33. The zero-order valence-corrected chi connectivity index (χ0v) is 11.7. The number of imidazole rings is 1. The number of nitrogens with zero attached hydrogens (tertiary/aromatic N) is 2. The number of anilines is 1. The molecule has 1 atom stereocenters. The Balaban J connectivity index is 2.15. The minimum atomic E-state index is -0.274. The van der Waals surface area contributed by atoms with E-state index < -0.39 is 0 Å². The molecule has 0 spiro atoms. The SMILES string of the molecule is CC(C1CCC1)n1c(N)nc2cc(Br)c(F)cc21.